The number of hydrogen-bond acceptors (Lipinski definition) is 0. The van der Waals surface area contributed by atoms with Crippen LogP contribution in [0.3, 0.4) is 0 Å². The summed E-state index contributed by atoms with van der Waals surface area (Å²) < 4.78 is 47.8. The Morgan fingerprint density at radius 1 is 0.667 bits per heavy atom. The molecule has 0 aromatic heterocycles. The van der Waals surface area contributed by atoms with Crippen molar-refractivity contribution in [3.05, 3.63) is 24.3 Å². The van der Waals surface area contributed by atoms with Crippen molar-refractivity contribution in [1.29, 1.82) is 0 Å². The van der Waals surface area contributed by atoms with E-state index in [1.165, 1.54) is 0 Å². The first-order valence-corrected chi connectivity index (χ1v) is 3.54. The van der Waals surface area contributed by atoms with Gasteiger partial charge >= 0.3 is 0 Å². The molecule has 0 spiro atoms. The average molecular weight is 180 g/mol. The lowest BCUT2D eigenvalue weighted by molar-refractivity contribution is 0.106. The maximum absolute atomic E-state index is 12.0. The van der Waals surface area contributed by atoms with Crippen LogP contribution in [0.25, 0.3) is 0 Å². The van der Waals surface area contributed by atoms with Gasteiger partial charge in [-0.1, -0.05) is 24.3 Å². The Morgan fingerprint density at radius 2 is 0.917 bits per heavy atom. The van der Waals surface area contributed by atoms with Crippen LogP contribution in [0.4, 0.5) is 17.6 Å². The highest BCUT2D eigenvalue weighted by molar-refractivity contribution is 5.14. The molecule has 0 fully saturated rings. The zero-order valence-corrected chi connectivity index (χ0v) is 6.13. The molecule has 1 aliphatic rings. The van der Waals surface area contributed by atoms with Crippen LogP contribution in [-0.4, -0.2) is 12.9 Å². The molecule has 0 radical (unpaired) electrons. The van der Waals surface area contributed by atoms with Crippen LogP contribution < -0.4 is 0 Å². The van der Waals surface area contributed by atoms with E-state index >= 15 is 0 Å². The Hall–Kier alpha value is -0.800. The number of halogens is 4. The summed E-state index contributed by atoms with van der Waals surface area (Å²) in [4.78, 5) is 0. The lowest BCUT2D eigenvalue weighted by Gasteiger charge is -2.14. The summed E-state index contributed by atoms with van der Waals surface area (Å²) in [7, 11) is 0. The number of alkyl halides is 4. The molecular weight excluding hydrogens is 172 g/mol. The van der Waals surface area contributed by atoms with Crippen molar-refractivity contribution < 1.29 is 17.6 Å². The molecule has 68 valence electrons. The van der Waals surface area contributed by atoms with Gasteiger partial charge in [0.15, 0.2) is 0 Å². The topological polar surface area (TPSA) is 0 Å². The summed E-state index contributed by atoms with van der Waals surface area (Å²) >= 11 is 0. The Labute approximate surface area is 67.6 Å². The lowest BCUT2D eigenvalue weighted by Crippen LogP contribution is -2.13. The van der Waals surface area contributed by atoms with E-state index in [-0.39, 0.29) is 0 Å². The molecule has 0 N–H and O–H groups in total. The fraction of sp³-hybridized carbons (Fsp3) is 0.500. The molecule has 0 saturated carbocycles. The minimum Gasteiger partial charge on any atom is -0.209 e. The molecule has 1 aliphatic carbocycles. The maximum Gasteiger partial charge on any atom is 0.248 e. The van der Waals surface area contributed by atoms with Gasteiger partial charge in [-0.15, -0.1) is 0 Å². The van der Waals surface area contributed by atoms with Crippen LogP contribution >= 0.6 is 0 Å². The molecule has 1 rings (SSSR count). The van der Waals surface area contributed by atoms with Gasteiger partial charge in [0.1, 0.15) is 0 Å². The van der Waals surface area contributed by atoms with Crippen LogP contribution in [0.2, 0.25) is 0 Å². The molecule has 0 saturated heterocycles. The first kappa shape index (κ1) is 9.29. The highest BCUT2D eigenvalue weighted by Gasteiger charge is 2.22. The fourth-order valence-electron chi connectivity index (χ4n) is 0.977. The second-order valence-electron chi connectivity index (χ2n) is 2.59. The molecule has 0 aromatic carbocycles. The van der Waals surface area contributed by atoms with Gasteiger partial charge in [-0.05, 0) is 0 Å². The van der Waals surface area contributed by atoms with Gasteiger partial charge in [0, 0.05) is 0 Å². The van der Waals surface area contributed by atoms with Gasteiger partial charge in [-0.2, -0.15) is 0 Å². The van der Waals surface area contributed by atoms with E-state index in [9.17, 15) is 17.6 Å². The van der Waals surface area contributed by atoms with Gasteiger partial charge in [0.05, 0.1) is 11.8 Å². The molecule has 0 aromatic rings. The molecule has 0 heterocycles. The smallest absolute Gasteiger partial charge is 0.209 e. The van der Waals surface area contributed by atoms with E-state index in [2.05, 4.69) is 0 Å². The van der Waals surface area contributed by atoms with E-state index < -0.39 is 24.7 Å². The van der Waals surface area contributed by atoms with E-state index in [1.807, 2.05) is 0 Å². The Morgan fingerprint density at radius 3 is 1.08 bits per heavy atom. The zero-order valence-electron chi connectivity index (χ0n) is 6.13. The molecule has 0 nitrogen and oxygen atoms in total. The van der Waals surface area contributed by atoms with E-state index in [1.54, 1.807) is 0 Å². The Balaban J connectivity index is 2.54. The second kappa shape index (κ2) is 3.74. The van der Waals surface area contributed by atoms with Gasteiger partial charge in [0.2, 0.25) is 12.9 Å². The quantitative estimate of drug-likeness (QED) is 0.452. The third-order valence-corrected chi connectivity index (χ3v) is 1.69. The number of rotatable bonds is 2. The van der Waals surface area contributed by atoms with Crippen molar-refractivity contribution in [3.63, 3.8) is 0 Å². The third-order valence-electron chi connectivity index (χ3n) is 1.69. The van der Waals surface area contributed by atoms with Crippen molar-refractivity contribution in [2.24, 2.45) is 11.8 Å². The van der Waals surface area contributed by atoms with Crippen molar-refractivity contribution >= 4 is 0 Å². The summed E-state index contributed by atoms with van der Waals surface area (Å²) in [6.07, 6.45) is -0.501. The van der Waals surface area contributed by atoms with Gasteiger partial charge in [-0.25, -0.2) is 17.6 Å². The summed E-state index contributed by atoms with van der Waals surface area (Å²) in [6, 6.07) is 0. The van der Waals surface area contributed by atoms with E-state index in [0.717, 1.165) is 24.3 Å². The van der Waals surface area contributed by atoms with Crippen LogP contribution in [-0.2, 0) is 0 Å². The molecule has 12 heavy (non-hydrogen) atoms. The number of allylic oxidation sites excluding steroid dienone is 4. The first-order valence-electron chi connectivity index (χ1n) is 3.54. The number of hydrogen-bond donors (Lipinski definition) is 0. The summed E-state index contributed by atoms with van der Waals surface area (Å²) in [6.45, 7) is 0. The molecule has 0 unspecified atom stereocenters. The summed E-state index contributed by atoms with van der Waals surface area (Å²) in [5, 5.41) is 0. The summed E-state index contributed by atoms with van der Waals surface area (Å²) in [5.74, 6) is -2.00. The normalized spacial score (nSPS) is 28.8. The average Bonchev–Trinajstić information content (AvgIpc) is 2.04. The van der Waals surface area contributed by atoms with Crippen molar-refractivity contribution in [2.45, 2.75) is 12.9 Å². The molecule has 0 amide bonds. The van der Waals surface area contributed by atoms with Crippen LogP contribution in [0.15, 0.2) is 24.3 Å². The molecule has 0 bridgehead atoms. The second-order valence-corrected chi connectivity index (χ2v) is 2.59. The fourth-order valence-corrected chi connectivity index (χ4v) is 0.977. The highest BCUT2D eigenvalue weighted by atomic mass is 19.3. The summed E-state index contributed by atoms with van der Waals surface area (Å²) in [5.41, 5.74) is 0. The minimum atomic E-state index is -2.50. The lowest BCUT2D eigenvalue weighted by atomic mass is 9.97. The van der Waals surface area contributed by atoms with Crippen molar-refractivity contribution in [2.75, 3.05) is 0 Å². The first-order chi connectivity index (χ1) is 5.61. The van der Waals surface area contributed by atoms with Crippen LogP contribution in [0, 0.1) is 11.8 Å². The molecular formula is C8H8F4. The third kappa shape index (κ3) is 2.09. The van der Waals surface area contributed by atoms with Crippen LogP contribution in [0.1, 0.15) is 0 Å². The Bertz CT molecular complexity index is 161. The van der Waals surface area contributed by atoms with E-state index in [4.69, 9.17) is 0 Å². The maximum atomic E-state index is 12.0. The SMILES string of the molecule is FC(F)C1C=CC(C(F)F)C=C1. The van der Waals surface area contributed by atoms with Gasteiger partial charge < -0.3 is 0 Å². The highest BCUT2D eigenvalue weighted by Crippen LogP contribution is 2.23. The monoisotopic (exact) mass is 180 g/mol. The predicted molar refractivity (Wildman–Crippen MR) is 37.3 cm³/mol. The largest absolute Gasteiger partial charge is 0.248 e. The molecule has 4 heteroatoms. The van der Waals surface area contributed by atoms with Crippen LogP contribution in [0.5, 0.6) is 0 Å². The van der Waals surface area contributed by atoms with Gasteiger partial charge in [-0.3, -0.25) is 0 Å². The minimum absolute atomic E-state index is 1.00. The predicted octanol–water partition coefficient (Wildman–Crippen LogP) is 2.88. The molecule has 0 aliphatic heterocycles. The van der Waals surface area contributed by atoms with Gasteiger partial charge in [0.25, 0.3) is 0 Å². The Kier molecular flexibility index (Phi) is 2.89. The zero-order chi connectivity index (χ0) is 9.14. The van der Waals surface area contributed by atoms with Crippen molar-refractivity contribution in [1.82, 2.24) is 0 Å². The standard InChI is InChI=1S/C8H8F4/c9-7(10)5-1-2-6(4-3-5)8(11)12/h1-8H. The van der Waals surface area contributed by atoms with E-state index in [0.29, 0.717) is 0 Å². The molecule has 0 atom stereocenters. The van der Waals surface area contributed by atoms with Crippen molar-refractivity contribution in [3.8, 4) is 0 Å².